The molecule has 0 rings (SSSR count). The molecule has 2 N–H and O–H groups in total. The van der Waals surface area contributed by atoms with Crippen LogP contribution in [0, 0.1) is 0 Å². The topological polar surface area (TPSA) is 69.4 Å². The van der Waals surface area contributed by atoms with Crippen LogP contribution in [0.15, 0.2) is 0 Å². The molecule has 0 fully saturated rings. The van der Waals surface area contributed by atoms with E-state index in [0.717, 1.165) is 12.8 Å². The van der Waals surface area contributed by atoms with Crippen LogP contribution in [0.3, 0.4) is 0 Å². The second-order valence-corrected chi connectivity index (χ2v) is 8.35. The molecular formula is C18H39NNaO3S. The molecule has 6 heteroatoms. The standard InChI is InChI=1S/C18H39NO3S.Na/c1-3-4-5-6-7-8-9-10-11-12-13-14-15-18(2)22-23(20,21)17-16-19;/h18H,3-17,19H2,1-2H3;. The Morgan fingerprint density at radius 3 is 1.67 bits per heavy atom. The molecule has 0 heterocycles. The van der Waals surface area contributed by atoms with E-state index in [1.54, 1.807) is 0 Å². The minimum absolute atomic E-state index is 0. The molecule has 0 aliphatic carbocycles. The van der Waals surface area contributed by atoms with Crippen LogP contribution in [0.5, 0.6) is 0 Å². The Labute approximate surface area is 173 Å². The molecule has 0 saturated heterocycles. The van der Waals surface area contributed by atoms with Crippen molar-refractivity contribution >= 4 is 39.7 Å². The van der Waals surface area contributed by atoms with Crippen LogP contribution in [0.1, 0.15) is 97.3 Å². The third-order valence-electron chi connectivity index (χ3n) is 4.14. The molecule has 0 aromatic rings. The van der Waals surface area contributed by atoms with Crippen molar-refractivity contribution in [2.75, 3.05) is 12.3 Å². The van der Waals surface area contributed by atoms with Gasteiger partial charge in [0.25, 0.3) is 10.1 Å². The summed E-state index contributed by atoms with van der Waals surface area (Å²) in [7, 11) is -3.42. The average molecular weight is 373 g/mol. The summed E-state index contributed by atoms with van der Waals surface area (Å²) < 4.78 is 28.0. The van der Waals surface area contributed by atoms with Gasteiger partial charge in [-0.1, -0.05) is 84.0 Å². The predicted octanol–water partition coefficient (Wildman–Crippen LogP) is 4.39. The summed E-state index contributed by atoms with van der Waals surface area (Å²) in [6, 6.07) is 0. The van der Waals surface area contributed by atoms with E-state index >= 15 is 0 Å². The zero-order valence-electron chi connectivity index (χ0n) is 16.4. The monoisotopic (exact) mass is 372 g/mol. The van der Waals surface area contributed by atoms with Gasteiger partial charge in [0.05, 0.1) is 11.9 Å². The van der Waals surface area contributed by atoms with E-state index < -0.39 is 10.1 Å². The van der Waals surface area contributed by atoms with Crippen LogP contribution in [-0.4, -0.2) is 56.4 Å². The fourth-order valence-electron chi connectivity index (χ4n) is 2.76. The van der Waals surface area contributed by atoms with Crippen LogP contribution in [0.2, 0.25) is 0 Å². The molecule has 1 unspecified atom stereocenters. The van der Waals surface area contributed by atoms with Gasteiger partial charge in [0.2, 0.25) is 0 Å². The van der Waals surface area contributed by atoms with Crippen molar-refractivity contribution in [3.8, 4) is 0 Å². The number of hydrogen-bond acceptors (Lipinski definition) is 4. The molecule has 0 bridgehead atoms. The maximum Gasteiger partial charge on any atom is 0.268 e. The zero-order valence-corrected chi connectivity index (χ0v) is 19.2. The number of rotatable bonds is 17. The molecule has 0 spiro atoms. The van der Waals surface area contributed by atoms with Crippen molar-refractivity contribution < 1.29 is 12.6 Å². The van der Waals surface area contributed by atoms with Gasteiger partial charge < -0.3 is 5.73 Å². The van der Waals surface area contributed by atoms with E-state index in [4.69, 9.17) is 9.92 Å². The largest absolute Gasteiger partial charge is 0.329 e. The first-order valence-corrected chi connectivity index (χ1v) is 11.2. The number of hydrogen-bond donors (Lipinski definition) is 1. The molecule has 0 aliphatic heterocycles. The van der Waals surface area contributed by atoms with Gasteiger partial charge in [-0.3, -0.25) is 4.18 Å². The van der Waals surface area contributed by atoms with Gasteiger partial charge in [-0.05, 0) is 13.3 Å². The molecule has 141 valence electrons. The van der Waals surface area contributed by atoms with Gasteiger partial charge in [0.1, 0.15) is 0 Å². The van der Waals surface area contributed by atoms with Gasteiger partial charge in [0, 0.05) is 36.1 Å². The van der Waals surface area contributed by atoms with Gasteiger partial charge >= 0.3 is 0 Å². The minimum atomic E-state index is -3.42. The van der Waals surface area contributed by atoms with E-state index in [1.165, 1.54) is 70.6 Å². The maximum atomic E-state index is 11.5. The molecule has 0 saturated carbocycles. The van der Waals surface area contributed by atoms with E-state index in [2.05, 4.69) is 6.92 Å². The summed E-state index contributed by atoms with van der Waals surface area (Å²) in [5.74, 6) is -0.0875. The fourth-order valence-corrected chi connectivity index (χ4v) is 3.75. The van der Waals surface area contributed by atoms with Crippen molar-refractivity contribution in [2.24, 2.45) is 5.73 Å². The number of unbranched alkanes of at least 4 members (excludes halogenated alkanes) is 11. The summed E-state index contributed by atoms with van der Waals surface area (Å²) in [5, 5.41) is 0. The Kier molecular flexibility index (Phi) is 21.1. The van der Waals surface area contributed by atoms with Crippen molar-refractivity contribution in [2.45, 2.75) is 103 Å². The van der Waals surface area contributed by atoms with Crippen LogP contribution < -0.4 is 5.73 Å². The molecular weight excluding hydrogens is 333 g/mol. The van der Waals surface area contributed by atoms with E-state index in [9.17, 15) is 8.42 Å². The minimum Gasteiger partial charge on any atom is -0.329 e. The molecule has 24 heavy (non-hydrogen) atoms. The van der Waals surface area contributed by atoms with Crippen molar-refractivity contribution in [3.63, 3.8) is 0 Å². The normalized spacial score (nSPS) is 12.8. The van der Waals surface area contributed by atoms with E-state index in [0.29, 0.717) is 0 Å². The molecule has 0 aromatic heterocycles. The summed E-state index contributed by atoms with van der Waals surface area (Å²) in [4.78, 5) is 0. The van der Waals surface area contributed by atoms with E-state index in [1.807, 2.05) is 6.92 Å². The second-order valence-electron chi connectivity index (χ2n) is 6.64. The van der Waals surface area contributed by atoms with Gasteiger partial charge in [-0.2, -0.15) is 8.42 Å². The average Bonchev–Trinajstić information content (AvgIpc) is 2.47. The SMILES string of the molecule is CCCCCCCCCCCCCCC(C)OS(=O)(=O)CCN.[Na]. The number of nitrogens with two attached hydrogens (primary N) is 1. The summed E-state index contributed by atoms with van der Waals surface area (Å²) in [5.41, 5.74) is 5.25. The zero-order chi connectivity index (χ0) is 17.4. The Morgan fingerprint density at radius 1 is 0.833 bits per heavy atom. The van der Waals surface area contributed by atoms with E-state index in [-0.39, 0.29) is 48.0 Å². The van der Waals surface area contributed by atoms with Crippen LogP contribution in [0.4, 0.5) is 0 Å². The molecule has 4 nitrogen and oxygen atoms in total. The van der Waals surface area contributed by atoms with Crippen LogP contribution in [-0.2, 0) is 14.3 Å². The first-order chi connectivity index (χ1) is 11.0. The predicted molar refractivity (Wildman–Crippen MR) is 105 cm³/mol. The smallest absolute Gasteiger partial charge is 0.268 e. The quantitative estimate of drug-likeness (QED) is 0.233. The third-order valence-corrected chi connectivity index (χ3v) is 5.50. The molecule has 1 radical (unpaired) electrons. The summed E-state index contributed by atoms with van der Waals surface area (Å²) in [6.07, 6.45) is 16.3. The van der Waals surface area contributed by atoms with Gasteiger partial charge in [0.15, 0.2) is 0 Å². The first-order valence-electron chi connectivity index (χ1n) is 9.63. The van der Waals surface area contributed by atoms with Crippen molar-refractivity contribution in [1.82, 2.24) is 0 Å². The molecule has 0 amide bonds. The van der Waals surface area contributed by atoms with Crippen LogP contribution in [0.25, 0.3) is 0 Å². The Morgan fingerprint density at radius 2 is 1.25 bits per heavy atom. The van der Waals surface area contributed by atoms with Crippen LogP contribution >= 0.6 is 0 Å². The third kappa shape index (κ3) is 19.2. The first kappa shape index (κ1) is 27.1. The van der Waals surface area contributed by atoms with Gasteiger partial charge in [-0.25, -0.2) is 0 Å². The summed E-state index contributed by atoms with van der Waals surface area (Å²) in [6.45, 7) is 4.20. The fraction of sp³-hybridized carbons (Fsp3) is 1.00. The maximum absolute atomic E-state index is 11.5. The van der Waals surface area contributed by atoms with Gasteiger partial charge in [-0.15, -0.1) is 0 Å². The Bertz CT molecular complexity index is 350. The molecule has 0 aromatic carbocycles. The van der Waals surface area contributed by atoms with Crippen molar-refractivity contribution in [3.05, 3.63) is 0 Å². The Balaban J connectivity index is 0. The summed E-state index contributed by atoms with van der Waals surface area (Å²) >= 11 is 0. The molecule has 1 atom stereocenters. The Hall–Kier alpha value is 0.870. The second kappa shape index (κ2) is 18.7. The molecule has 0 aliphatic rings. The van der Waals surface area contributed by atoms with Crippen molar-refractivity contribution in [1.29, 1.82) is 0 Å².